The van der Waals surface area contributed by atoms with E-state index in [4.69, 9.17) is 19.8 Å². The third-order valence-electron chi connectivity index (χ3n) is 3.71. The van der Waals surface area contributed by atoms with Crippen LogP contribution < -0.4 is 9.47 Å². The number of hydrogen-bond donors (Lipinski definition) is 1. The van der Waals surface area contributed by atoms with Gasteiger partial charge in [0.25, 0.3) is 0 Å². The SMILES string of the molecule is COc1ccc(C=C(C#N)C(=O)O)cc1OCCN1CCCC1. The van der Waals surface area contributed by atoms with E-state index >= 15 is 0 Å². The number of rotatable bonds is 7. The van der Waals surface area contributed by atoms with E-state index in [-0.39, 0.29) is 5.57 Å². The normalized spacial score (nSPS) is 15.2. The van der Waals surface area contributed by atoms with E-state index in [1.807, 2.05) is 0 Å². The first-order valence-corrected chi connectivity index (χ1v) is 7.52. The summed E-state index contributed by atoms with van der Waals surface area (Å²) in [5, 5.41) is 17.7. The van der Waals surface area contributed by atoms with Gasteiger partial charge in [0, 0.05) is 6.54 Å². The minimum absolute atomic E-state index is 0.321. The Bertz CT molecular complexity index is 628. The maximum atomic E-state index is 10.9. The van der Waals surface area contributed by atoms with Crippen LogP contribution in [0.3, 0.4) is 0 Å². The lowest BCUT2D eigenvalue weighted by Crippen LogP contribution is -2.25. The number of aliphatic carboxylic acids is 1. The van der Waals surface area contributed by atoms with Crippen molar-refractivity contribution in [3.63, 3.8) is 0 Å². The summed E-state index contributed by atoms with van der Waals surface area (Å²) in [5.74, 6) is -0.125. The van der Waals surface area contributed by atoms with Crippen LogP contribution in [0.2, 0.25) is 0 Å². The minimum Gasteiger partial charge on any atom is -0.493 e. The molecule has 0 aliphatic carbocycles. The fraction of sp³-hybridized carbons (Fsp3) is 0.412. The Kier molecular flexibility index (Phi) is 6.01. The molecule has 1 aliphatic rings. The van der Waals surface area contributed by atoms with Crippen molar-refractivity contribution in [3.8, 4) is 17.6 Å². The van der Waals surface area contributed by atoms with E-state index in [0.717, 1.165) is 19.6 Å². The molecule has 1 N–H and O–H groups in total. The van der Waals surface area contributed by atoms with Crippen LogP contribution in [0.15, 0.2) is 23.8 Å². The van der Waals surface area contributed by atoms with Crippen LogP contribution in [0.5, 0.6) is 11.5 Å². The second kappa shape index (κ2) is 8.20. The fourth-order valence-electron chi connectivity index (χ4n) is 2.50. The van der Waals surface area contributed by atoms with E-state index in [0.29, 0.717) is 23.7 Å². The lowest BCUT2D eigenvalue weighted by Gasteiger charge is -2.16. The number of ether oxygens (including phenoxy) is 2. The molecule has 1 aromatic carbocycles. The predicted molar refractivity (Wildman–Crippen MR) is 85.4 cm³/mol. The second-order valence-corrected chi connectivity index (χ2v) is 5.28. The zero-order valence-electron chi connectivity index (χ0n) is 13.1. The highest BCUT2D eigenvalue weighted by molar-refractivity contribution is 5.96. The molecule has 1 saturated heterocycles. The quantitative estimate of drug-likeness (QED) is 0.613. The van der Waals surface area contributed by atoms with Crippen LogP contribution in [-0.4, -0.2) is 49.3 Å². The van der Waals surface area contributed by atoms with Crippen molar-refractivity contribution >= 4 is 12.0 Å². The van der Waals surface area contributed by atoms with Crippen molar-refractivity contribution in [1.29, 1.82) is 5.26 Å². The van der Waals surface area contributed by atoms with Crippen LogP contribution in [-0.2, 0) is 4.79 Å². The van der Waals surface area contributed by atoms with Crippen molar-refractivity contribution in [2.75, 3.05) is 33.4 Å². The summed E-state index contributed by atoms with van der Waals surface area (Å²) in [6, 6.07) is 6.73. The molecular formula is C17H20N2O4. The molecule has 23 heavy (non-hydrogen) atoms. The number of carbonyl (C=O) groups is 1. The maximum absolute atomic E-state index is 10.9. The summed E-state index contributed by atoms with van der Waals surface area (Å²) in [4.78, 5) is 13.3. The smallest absolute Gasteiger partial charge is 0.346 e. The summed E-state index contributed by atoms with van der Waals surface area (Å²) < 4.78 is 11.0. The molecule has 0 spiro atoms. The Morgan fingerprint density at radius 1 is 1.39 bits per heavy atom. The van der Waals surface area contributed by atoms with Gasteiger partial charge in [-0.05, 0) is 49.7 Å². The number of likely N-dealkylation sites (tertiary alicyclic amines) is 1. The van der Waals surface area contributed by atoms with E-state index in [1.165, 1.54) is 18.9 Å². The van der Waals surface area contributed by atoms with E-state index in [1.54, 1.807) is 31.4 Å². The molecule has 1 heterocycles. The standard InChI is InChI=1S/C17H20N2O4/c1-22-15-5-4-13(10-14(12-18)17(20)21)11-16(15)23-9-8-19-6-2-3-7-19/h4-5,10-11H,2-3,6-9H2,1H3,(H,20,21). The molecule has 0 bridgehead atoms. The van der Waals surface area contributed by atoms with Gasteiger partial charge in [0.05, 0.1) is 7.11 Å². The number of carboxylic acid groups (broad SMARTS) is 1. The third-order valence-corrected chi connectivity index (χ3v) is 3.71. The van der Waals surface area contributed by atoms with Crippen LogP contribution in [0.4, 0.5) is 0 Å². The van der Waals surface area contributed by atoms with Crippen molar-refractivity contribution in [2.45, 2.75) is 12.8 Å². The van der Waals surface area contributed by atoms with E-state index < -0.39 is 5.97 Å². The molecule has 1 aliphatic heterocycles. The summed E-state index contributed by atoms with van der Waals surface area (Å²) in [6.45, 7) is 3.59. The first kappa shape index (κ1) is 16.8. The van der Waals surface area contributed by atoms with Gasteiger partial charge in [0.15, 0.2) is 11.5 Å². The molecule has 0 amide bonds. The second-order valence-electron chi connectivity index (χ2n) is 5.28. The molecule has 1 aromatic rings. The molecule has 0 atom stereocenters. The molecule has 6 nitrogen and oxygen atoms in total. The molecule has 2 rings (SSSR count). The van der Waals surface area contributed by atoms with Gasteiger partial charge in [-0.15, -0.1) is 0 Å². The number of hydrogen-bond acceptors (Lipinski definition) is 5. The van der Waals surface area contributed by atoms with Crippen LogP contribution in [0, 0.1) is 11.3 Å². The Balaban J connectivity index is 2.08. The molecule has 1 fully saturated rings. The van der Waals surface area contributed by atoms with Crippen molar-refractivity contribution in [3.05, 3.63) is 29.3 Å². The predicted octanol–water partition coefficient (Wildman–Crippen LogP) is 2.16. The third kappa shape index (κ3) is 4.73. The monoisotopic (exact) mass is 316 g/mol. The Morgan fingerprint density at radius 2 is 2.13 bits per heavy atom. The Morgan fingerprint density at radius 3 is 2.74 bits per heavy atom. The maximum Gasteiger partial charge on any atom is 0.346 e. The van der Waals surface area contributed by atoms with Gasteiger partial charge >= 0.3 is 5.97 Å². The van der Waals surface area contributed by atoms with Crippen molar-refractivity contribution in [1.82, 2.24) is 4.90 Å². The molecule has 122 valence electrons. The van der Waals surface area contributed by atoms with Gasteiger partial charge in [0.2, 0.25) is 0 Å². The Labute approximate surface area is 135 Å². The summed E-state index contributed by atoms with van der Waals surface area (Å²) in [6.07, 6.45) is 3.78. The van der Waals surface area contributed by atoms with Crippen molar-refractivity contribution < 1.29 is 19.4 Å². The molecule has 0 saturated carbocycles. The topological polar surface area (TPSA) is 82.8 Å². The van der Waals surface area contributed by atoms with Crippen LogP contribution in [0.1, 0.15) is 18.4 Å². The highest BCUT2D eigenvalue weighted by Crippen LogP contribution is 2.29. The number of benzene rings is 1. The highest BCUT2D eigenvalue weighted by atomic mass is 16.5. The Hall–Kier alpha value is -2.52. The van der Waals surface area contributed by atoms with Gasteiger partial charge in [0.1, 0.15) is 18.2 Å². The zero-order valence-corrected chi connectivity index (χ0v) is 13.1. The fourth-order valence-corrected chi connectivity index (χ4v) is 2.50. The zero-order chi connectivity index (χ0) is 16.7. The molecule has 0 unspecified atom stereocenters. The molecule has 6 heteroatoms. The van der Waals surface area contributed by atoms with Crippen molar-refractivity contribution in [2.24, 2.45) is 0 Å². The number of methoxy groups -OCH3 is 1. The van der Waals surface area contributed by atoms with Gasteiger partial charge < -0.3 is 14.6 Å². The molecular weight excluding hydrogens is 296 g/mol. The minimum atomic E-state index is -1.25. The van der Waals surface area contributed by atoms with Gasteiger partial charge in [-0.1, -0.05) is 6.07 Å². The number of carboxylic acids is 1. The van der Waals surface area contributed by atoms with Gasteiger partial charge in [-0.2, -0.15) is 5.26 Å². The summed E-state index contributed by atoms with van der Waals surface area (Å²) in [7, 11) is 1.55. The molecule has 0 aromatic heterocycles. The van der Waals surface area contributed by atoms with Gasteiger partial charge in [-0.3, -0.25) is 4.90 Å². The van der Waals surface area contributed by atoms with E-state index in [2.05, 4.69) is 4.90 Å². The van der Waals surface area contributed by atoms with E-state index in [9.17, 15) is 4.79 Å². The average molecular weight is 316 g/mol. The van der Waals surface area contributed by atoms with Crippen LogP contribution in [0.25, 0.3) is 6.08 Å². The first-order chi connectivity index (χ1) is 11.1. The van der Waals surface area contributed by atoms with Crippen LogP contribution >= 0.6 is 0 Å². The molecule has 0 radical (unpaired) electrons. The summed E-state index contributed by atoms with van der Waals surface area (Å²) >= 11 is 0. The number of nitrogens with zero attached hydrogens (tertiary/aromatic N) is 2. The first-order valence-electron chi connectivity index (χ1n) is 7.52. The number of nitriles is 1. The van der Waals surface area contributed by atoms with Gasteiger partial charge in [-0.25, -0.2) is 4.79 Å². The lowest BCUT2D eigenvalue weighted by atomic mass is 10.1. The summed E-state index contributed by atoms with van der Waals surface area (Å²) in [5.41, 5.74) is 0.263. The lowest BCUT2D eigenvalue weighted by molar-refractivity contribution is -0.132. The average Bonchev–Trinajstić information content (AvgIpc) is 3.06. The highest BCUT2D eigenvalue weighted by Gasteiger charge is 2.12. The largest absolute Gasteiger partial charge is 0.493 e.